The molecule has 0 bridgehead atoms. The summed E-state index contributed by atoms with van der Waals surface area (Å²) in [5, 5.41) is 0. The summed E-state index contributed by atoms with van der Waals surface area (Å²) in [4.78, 5) is 6.98. The first-order valence-corrected chi connectivity index (χ1v) is 9.73. The van der Waals surface area contributed by atoms with Gasteiger partial charge in [-0.2, -0.15) is 4.31 Å². The van der Waals surface area contributed by atoms with Crippen molar-refractivity contribution in [3.05, 3.63) is 60.4 Å². The first-order chi connectivity index (χ1) is 11.6. The molecule has 0 N–H and O–H groups in total. The van der Waals surface area contributed by atoms with Crippen molar-refractivity contribution >= 4 is 10.0 Å². The number of fused-ring (bicyclic) bond motifs is 1. The van der Waals surface area contributed by atoms with Crippen LogP contribution in [0.4, 0.5) is 0 Å². The molecule has 2 aliphatic rings. The summed E-state index contributed by atoms with van der Waals surface area (Å²) in [5.74, 6) is 0.861. The quantitative estimate of drug-likeness (QED) is 0.850. The zero-order valence-corrected chi connectivity index (χ0v) is 14.3. The highest BCUT2D eigenvalue weighted by molar-refractivity contribution is 7.89. The van der Waals surface area contributed by atoms with E-state index >= 15 is 0 Å². The summed E-state index contributed by atoms with van der Waals surface area (Å²) in [7, 11) is -3.35. The van der Waals surface area contributed by atoms with Crippen molar-refractivity contribution in [1.29, 1.82) is 0 Å². The highest BCUT2D eigenvalue weighted by Gasteiger charge is 2.44. The lowest BCUT2D eigenvalue weighted by molar-refractivity contribution is 0.289. The van der Waals surface area contributed by atoms with Crippen LogP contribution in [0.15, 0.2) is 59.8 Å². The third-order valence-corrected chi connectivity index (χ3v) is 6.88. The molecule has 0 radical (unpaired) electrons. The molecular weight excluding hydrogens is 322 g/mol. The molecular formula is C18H21N3O2S. The van der Waals surface area contributed by atoms with E-state index in [0.717, 1.165) is 19.6 Å². The van der Waals surface area contributed by atoms with Crippen molar-refractivity contribution in [2.75, 3.05) is 26.2 Å². The fraction of sp³-hybridized carbons (Fsp3) is 0.389. The fourth-order valence-electron chi connectivity index (χ4n) is 3.86. The van der Waals surface area contributed by atoms with Gasteiger partial charge in [-0.25, -0.2) is 8.42 Å². The van der Waals surface area contributed by atoms with Gasteiger partial charge in [0.05, 0.1) is 4.90 Å². The van der Waals surface area contributed by atoms with Crippen LogP contribution in [0.25, 0.3) is 0 Å². The number of benzene rings is 1. The minimum absolute atomic E-state index is 0.400. The Hall–Kier alpha value is -1.76. The molecule has 3 heterocycles. The Bertz CT molecular complexity index is 782. The maximum atomic E-state index is 12.7. The first kappa shape index (κ1) is 15.7. The van der Waals surface area contributed by atoms with Crippen LogP contribution in [0.1, 0.15) is 5.56 Å². The molecule has 6 heteroatoms. The van der Waals surface area contributed by atoms with E-state index in [2.05, 4.69) is 16.0 Å². The average Bonchev–Trinajstić information content (AvgIpc) is 3.15. The Morgan fingerprint density at radius 1 is 0.958 bits per heavy atom. The summed E-state index contributed by atoms with van der Waals surface area (Å²) in [5.41, 5.74) is 1.21. The molecule has 2 aliphatic heterocycles. The average molecular weight is 343 g/mol. The van der Waals surface area contributed by atoms with E-state index in [9.17, 15) is 8.42 Å². The second-order valence-corrected chi connectivity index (χ2v) is 8.65. The van der Waals surface area contributed by atoms with Crippen molar-refractivity contribution in [1.82, 2.24) is 14.2 Å². The molecule has 24 heavy (non-hydrogen) atoms. The predicted octanol–water partition coefficient (Wildman–Crippen LogP) is 1.83. The van der Waals surface area contributed by atoms with Gasteiger partial charge >= 0.3 is 0 Å². The summed E-state index contributed by atoms with van der Waals surface area (Å²) in [6.45, 7) is 4.07. The van der Waals surface area contributed by atoms with Gasteiger partial charge in [-0.1, -0.05) is 24.3 Å². The number of pyridine rings is 1. The Labute approximate surface area is 143 Å². The van der Waals surface area contributed by atoms with E-state index < -0.39 is 10.0 Å². The highest BCUT2D eigenvalue weighted by Crippen LogP contribution is 2.34. The van der Waals surface area contributed by atoms with E-state index in [1.54, 1.807) is 34.8 Å². The molecule has 126 valence electrons. The van der Waals surface area contributed by atoms with Crippen LogP contribution in [-0.2, 0) is 16.6 Å². The van der Waals surface area contributed by atoms with Crippen molar-refractivity contribution in [3.63, 3.8) is 0 Å². The molecule has 2 atom stereocenters. The van der Waals surface area contributed by atoms with Gasteiger partial charge in [0.25, 0.3) is 0 Å². The Morgan fingerprint density at radius 3 is 2.29 bits per heavy atom. The van der Waals surface area contributed by atoms with Crippen LogP contribution in [0.2, 0.25) is 0 Å². The van der Waals surface area contributed by atoms with Gasteiger partial charge in [-0.05, 0) is 35.6 Å². The lowest BCUT2D eigenvalue weighted by Gasteiger charge is -2.21. The SMILES string of the molecule is O=S(=O)(c1ccccc1)N1C[C@H]2CN(Cc3cccnc3)C[C@H]2C1. The maximum absolute atomic E-state index is 12.7. The van der Waals surface area contributed by atoms with Gasteiger partial charge in [0.2, 0.25) is 10.0 Å². The van der Waals surface area contributed by atoms with Crippen molar-refractivity contribution in [2.24, 2.45) is 11.8 Å². The van der Waals surface area contributed by atoms with E-state index in [-0.39, 0.29) is 0 Å². The van der Waals surface area contributed by atoms with E-state index in [0.29, 0.717) is 29.8 Å². The van der Waals surface area contributed by atoms with Gasteiger partial charge in [-0.3, -0.25) is 9.88 Å². The number of rotatable bonds is 4. The minimum Gasteiger partial charge on any atom is -0.298 e. The van der Waals surface area contributed by atoms with E-state index in [1.807, 2.05) is 18.3 Å². The zero-order chi connectivity index (χ0) is 16.6. The molecule has 0 amide bonds. The fourth-order valence-corrected chi connectivity index (χ4v) is 5.44. The van der Waals surface area contributed by atoms with Gasteiger partial charge in [0, 0.05) is 45.1 Å². The third kappa shape index (κ3) is 2.97. The van der Waals surface area contributed by atoms with Crippen LogP contribution in [-0.4, -0.2) is 48.8 Å². The zero-order valence-electron chi connectivity index (χ0n) is 13.5. The second-order valence-electron chi connectivity index (χ2n) is 6.71. The topological polar surface area (TPSA) is 53.5 Å². The number of aromatic nitrogens is 1. The van der Waals surface area contributed by atoms with Gasteiger partial charge in [-0.15, -0.1) is 0 Å². The third-order valence-electron chi connectivity index (χ3n) is 5.04. The number of likely N-dealkylation sites (tertiary alicyclic amines) is 1. The molecule has 0 spiro atoms. The summed E-state index contributed by atoms with van der Waals surface area (Å²) >= 11 is 0. The predicted molar refractivity (Wildman–Crippen MR) is 91.7 cm³/mol. The van der Waals surface area contributed by atoms with Gasteiger partial charge in [0.1, 0.15) is 0 Å². The second kappa shape index (κ2) is 6.27. The molecule has 2 aromatic rings. The molecule has 1 aromatic heterocycles. The molecule has 0 unspecified atom stereocenters. The van der Waals surface area contributed by atoms with Crippen LogP contribution >= 0.6 is 0 Å². The van der Waals surface area contributed by atoms with Gasteiger partial charge in [0.15, 0.2) is 0 Å². The number of sulfonamides is 1. The molecule has 2 fully saturated rings. The smallest absolute Gasteiger partial charge is 0.243 e. The molecule has 4 rings (SSSR count). The summed E-state index contributed by atoms with van der Waals surface area (Å²) in [6.07, 6.45) is 3.69. The minimum atomic E-state index is -3.35. The maximum Gasteiger partial charge on any atom is 0.243 e. The Balaban J connectivity index is 1.41. The normalized spacial score (nSPS) is 25.0. The largest absolute Gasteiger partial charge is 0.298 e. The molecule has 0 saturated carbocycles. The van der Waals surface area contributed by atoms with Crippen molar-refractivity contribution in [2.45, 2.75) is 11.4 Å². The highest BCUT2D eigenvalue weighted by atomic mass is 32.2. The van der Waals surface area contributed by atoms with Crippen LogP contribution < -0.4 is 0 Å². The Morgan fingerprint density at radius 2 is 1.67 bits per heavy atom. The van der Waals surface area contributed by atoms with Crippen LogP contribution in [0.5, 0.6) is 0 Å². The van der Waals surface area contributed by atoms with Crippen molar-refractivity contribution in [3.8, 4) is 0 Å². The Kier molecular flexibility index (Phi) is 4.12. The van der Waals surface area contributed by atoms with Crippen LogP contribution in [0.3, 0.4) is 0 Å². The van der Waals surface area contributed by atoms with Gasteiger partial charge < -0.3 is 0 Å². The first-order valence-electron chi connectivity index (χ1n) is 8.29. The molecule has 5 nitrogen and oxygen atoms in total. The van der Waals surface area contributed by atoms with E-state index in [4.69, 9.17) is 0 Å². The lowest BCUT2D eigenvalue weighted by Crippen LogP contribution is -2.33. The monoisotopic (exact) mass is 343 g/mol. The summed E-state index contributed by atoms with van der Waals surface area (Å²) in [6, 6.07) is 12.8. The molecule has 0 aliphatic carbocycles. The van der Waals surface area contributed by atoms with E-state index in [1.165, 1.54) is 5.56 Å². The molecule has 2 saturated heterocycles. The van der Waals surface area contributed by atoms with Crippen LogP contribution in [0, 0.1) is 11.8 Å². The number of nitrogens with zero attached hydrogens (tertiary/aromatic N) is 3. The number of hydrogen-bond donors (Lipinski definition) is 0. The standard InChI is InChI=1S/C18H21N3O2S/c22-24(23,18-6-2-1-3-7-18)21-13-16-11-20(12-17(16)14-21)10-15-5-4-8-19-9-15/h1-9,16-17H,10-14H2/t16-,17+. The lowest BCUT2D eigenvalue weighted by atomic mass is 10.0. The van der Waals surface area contributed by atoms with Crippen molar-refractivity contribution < 1.29 is 8.42 Å². The molecule has 1 aromatic carbocycles. The number of hydrogen-bond acceptors (Lipinski definition) is 4. The summed E-state index contributed by atoms with van der Waals surface area (Å²) < 4.78 is 27.2.